The summed E-state index contributed by atoms with van der Waals surface area (Å²) in [5, 5.41) is 12.9. The van der Waals surface area contributed by atoms with Gasteiger partial charge in [0.05, 0.1) is 6.61 Å². The normalized spacial score (nSPS) is 14.8. The number of phenols is 1. The van der Waals surface area contributed by atoms with Crippen LogP contribution in [0.2, 0.25) is 0 Å². The van der Waals surface area contributed by atoms with Crippen LogP contribution in [0, 0.1) is 0 Å². The van der Waals surface area contributed by atoms with Crippen LogP contribution in [0.4, 0.5) is 4.79 Å². The van der Waals surface area contributed by atoms with E-state index >= 15 is 0 Å². The van der Waals surface area contributed by atoms with Gasteiger partial charge in [-0.15, -0.1) is 0 Å². The van der Waals surface area contributed by atoms with Gasteiger partial charge in [0.1, 0.15) is 11.8 Å². The first-order valence-corrected chi connectivity index (χ1v) is 7.43. The fraction of sp³-hybridized carbons (Fsp3) is 0.273. The van der Waals surface area contributed by atoms with Crippen LogP contribution < -0.4 is 16.1 Å². The molecule has 1 rings (SSSR count). The molecule has 0 heterocycles. The van der Waals surface area contributed by atoms with Gasteiger partial charge >= 0.3 is 13.8 Å². The zero-order valence-corrected chi connectivity index (χ0v) is 12.0. The number of amides is 3. The molecule has 0 aliphatic heterocycles. The molecule has 0 spiro atoms. The minimum atomic E-state index is -4.31. The first kappa shape index (κ1) is 17.0. The Morgan fingerprint density at radius 2 is 1.95 bits per heavy atom. The maximum absolute atomic E-state index is 11.6. The van der Waals surface area contributed by atoms with Gasteiger partial charge in [0.25, 0.3) is 5.91 Å². The molecule has 21 heavy (non-hydrogen) atoms. The van der Waals surface area contributed by atoms with Gasteiger partial charge in [-0.3, -0.25) is 15.1 Å². The van der Waals surface area contributed by atoms with Crippen molar-refractivity contribution in [1.82, 2.24) is 16.1 Å². The van der Waals surface area contributed by atoms with Crippen molar-refractivity contribution < 1.29 is 28.7 Å². The molecular formula is C11H15N3O6P. The van der Waals surface area contributed by atoms with E-state index in [4.69, 9.17) is 10.8 Å². The van der Waals surface area contributed by atoms with Crippen molar-refractivity contribution in [3.63, 3.8) is 0 Å². The summed E-state index contributed by atoms with van der Waals surface area (Å²) in [7, 11) is -4.31. The zero-order valence-electron chi connectivity index (χ0n) is 11.1. The Morgan fingerprint density at radius 3 is 2.43 bits per heavy atom. The summed E-state index contributed by atoms with van der Waals surface area (Å²) in [6.07, 6.45) is 0. The summed E-state index contributed by atoms with van der Waals surface area (Å²) in [6, 6.07) is 2.77. The maximum Gasteiger partial charge on any atom is 0.433 e. The summed E-state index contributed by atoms with van der Waals surface area (Å²) >= 11 is 0. The van der Waals surface area contributed by atoms with Crippen molar-refractivity contribution in [3.05, 3.63) is 29.8 Å². The highest BCUT2D eigenvalue weighted by Crippen LogP contribution is 2.36. The van der Waals surface area contributed by atoms with Gasteiger partial charge in [-0.1, -0.05) is 12.1 Å². The van der Waals surface area contributed by atoms with E-state index in [9.17, 15) is 19.0 Å². The number of carbonyl (C=O) groups is 2. The molecule has 1 aromatic carbocycles. The number of urea groups is 1. The van der Waals surface area contributed by atoms with Crippen LogP contribution in [0.25, 0.3) is 0 Å². The maximum atomic E-state index is 11.6. The van der Waals surface area contributed by atoms with Crippen LogP contribution >= 0.6 is 7.75 Å². The van der Waals surface area contributed by atoms with E-state index in [1.54, 1.807) is 5.09 Å². The number of rotatable bonds is 6. The van der Waals surface area contributed by atoms with Gasteiger partial charge in [-0.25, -0.2) is 14.4 Å². The van der Waals surface area contributed by atoms with Gasteiger partial charge in [0.15, 0.2) is 0 Å². The Morgan fingerprint density at radius 1 is 1.38 bits per heavy atom. The SMILES string of the molecule is CCOP(=O)(O)NC(=O)NC(C([NH])=O)c1ccc(O)cc1. The topological polar surface area (TPSA) is 149 Å². The van der Waals surface area contributed by atoms with Crippen molar-refractivity contribution in [2.45, 2.75) is 13.0 Å². The first-order chi connectivity index (χ1) is 9.75. The molecule has 115 valence electrons. The summed E-state index contributed by atoms with van der Waals surface area (Å²) in [5.74, 6) is -1.17. The molecule has 3 amide bonds. The predicted octanol–water partition coefficient (Wildman–Crippen LogP) is 0.679. The molecule has 0 bridgehead atoms. The fourth-order valence-corrected chi connectivity index (χ4v) is 2.20. The minimum absolute atomic E-state index is 0.0458. The number of carbonyl (C=O) groups excluding carboxylic acids is 2. The molecule has 2 unspecified atom stereocenters. The number of hydrogen-bond donors (Lipinski definition) is 4. The van der Waals surface area contributed by atoms with Crippen molar-refractivity contribution in [3.8, 4) is 5.75 Å². The average Bonchev–Trinajstić information content (AvgIpc) is 2.36. The van der Waals surface area contributed by atoms with Crippen LogP contribution in [0.1, 0.15) is 18.5 Å². The van der Waals surface area contributed by atoms with E-state index in [0.717, 1.165) is 0 Å². The molecule has 0 saturated heterocycles. The molecule has 0 saturated carbocycles. The average molecular weight is 316 g/mol. The molecule has 9 nitrogen and oxygen atoms in total. The number of nitrogens with one attached hydrogen (secondary N) is 3. The molecule has 10 heteroatoms. The monoisotopic (exact) mass is 316 g/mol. The summed E-state index contributed by atoms with van der Waals surface area (Å²) in [4.78, 5) is 32.1. The van der Waals surface area contributed by atoms with Crippen molar-refractivity contribution in [1.29, 1.82) is 0 Å². The second-order valence-corrected chi connectivity index (χ2v) is 5.43. The number of phenolic OH excluding ortho intramolecular Hbond substituents is 1. The smallest absolute Gasteiger partial charge is 0.433 e. The molecular weight excluding hydrogens is 301 g/mol. The van der Waals surface area contributed by atoms with Crippen LogP contribution in [0.5, 0.6) is 5.75 Å². The Kier molecular flexibility index (Phi) is 5.71. The van der Waals surface area contributed by atoms with Crippen LogP contribution in [0.3, 0.4) is 0 Å². The van der Waals surface area contributed by atoms with Crippen molar-refractivity contribution in [2.75, 3.05) is 6.61 Å². The lowest BCUT2D eigenvalue weighted by Crippen LogP contribution is -2.40. The largest absolute Gasteiger partial charge is 0.508 e. The molecule has 0 aromatic heterocycles. The summed E-state index contributed by atoms with van der Waals surface area (Å²) < 4.78 is 15.8. The number of benzene rings is 1. The second kappa shape index (κ2) is 7.07. The third-order valence-electron chi connectivity index (χ3n) is 2.31. The van der Waals surface area contributed by atoms with Crippen molar-refractivity contribution in [2.24, 2.45) is 0 Å². The molecule has 0 aliphatic carbocycles. The van der Waals surface area contributed by atoms with E-state index in [0.29, 0.717) is 0 Å². The van der Waals surface area contributed by atoms with Gasteiger partial charge in [0, 0.05) is 0 Å². The Balaban J connectivity index is 2.80. The second-order valence-electron chi connectivity index (χ2n) is 3.91. The molecule has 5 N–H and O–H groups in total. The Hall–Kier alpha value is -2.09. The van der Waals surface area contributed by atoms with Gasteiger partial charge in [-0.2, -0.15) is 0 Å². The summed E-state index contributed by atoms with van der Waals surface area (Å²) in [5.41, 5.74) is 7.37. The lowest BCUT2D eigenvalue weighted by molar-refractivity contribution is -0.120. The van der Waals surface area contributed by atoms with Crippen LogP contribution in [-0.4, -0.2) is 28.5 Å². The molecule has 0 fully saturated rings. The van der Waals surface area contributed by atoms with E-state index < -0.39 is 25.7 Å². The van der Waals surface area contributed by atoms with E-state index in [1.807, 2.05) is 0 Å². The van der Waals surface area contributed by atoms with Crippen LogP contribution in [-0.2, 0) is 13.9 Å². The van der Waals surface area contributed by atoms with Gasteiger partial charge < -0.3 is 15.3 Å². The number of aromatic hydroxyl groups is 1. The minimum Gasteiger partial charge on any atom is -0.508 e. The third-order valence-corrected chi connectivity index (χ3v) is 3.40. The van der Waals surface area contributed by atoms with Crippen LogP contribution in [0.15, 0.2) is 24.3 Å². The fourth-order valence-electron chi connectivity index (χ4n) is 1.47. The lowest BCUT2D eigenvalue weighted by Gasteiger charge is -2.17. The number of hydrogen-bond acceptors (Lipinski definition) is 5. The first-order valence-electron chi connectivity index (χ1n) is 5.85. The Labute approximate surface area is 120 Å². The standard InChI is InChI=1S/C11H15N3O6P/c1-2-20-21(18,19)14-11(17)13-9(10(12)16)7-3-5-8(15)6-4-7/h3-6,9,12,15H,2H2,1H3,(H3,13,14,17,18,19). The van der Waals surface area contributed by atoms with Crippen molar-refractivity contribution >= 4 is 19.7 Å². The highest BCUT2D eigenvalue weighted by atomic mass is 31.2. The molecule has 0 aliphatic rings. The molecule has 2 atom stereocenters. The third kappa shape index (κ3) is 5.42. The summed E-state index contributed by atoms with van der Waals surface area (Å²) in [6.45, 7) is 1.38. The zero-order chi connectivity index (χ0) is 16.0. The van der Waals surface area contributed by atoms with E-state index in [1.165, 1.54) is 31.2 Å². The highest BCUT2D eigenvalue weighted by Gasteiger charge is 2.26. The molecule has 1 aromatic rings. The predicted molar refractivity (Wildman–Crippen MR) is 72.1 cm³/mol. The van der Waals surface area contributed by atoms with Gasteiger partial charge in [-0.05, 0) is 24.6 Å². The molecule has 1 radical (unpaired) electrons. The highest BCUT2D eigenvalue weighted by molar-refractivity contribution is 7.51. The Bertz CT molecular complexity index is 562. The lowest BCUT2D eigenvalue weighted by atomic mass is 10.1. The van der Waals surface area contributed by atoms with Gasteiger partial charge in [0.2, 0.25) is 0 Å². The quantitative estimate of drug-likeness (QED) is 0.567. The van der Waals surface area contributed by atoms with E-state index in [-0.39, 0.29) is 17.9 Å². The van der Waals surface area contributed by atoms with E-state index in [2.05, 4.69) is 9.84 Å².